The van der Waals surface area contributed by atoms with Gasteiger partial charge in [0.25, 0.3) is 0 Å². The molecule has 1 aromatic carbocycles. The van der Waals surface area contributed by atoms with E-state index in [-0.39, 0.29) is 0 Å². The molecule has 0 saturated carbocycles. The zero-order chi connectivity index (χ0) is 22.9. The van der Waals surface area contributed by atoms with E-state index in [0.29, 0.717) is 17.6 Å². The molecule has 1 atom stereocenters. The van der Waals surface area contributed by atoms with E-state index >= 15 is 0 Å². The molecule has 1 aliphatic rings. The second-order valence-electron chi connectivity index (χ2n) is 8.61. The van der Waals surface area contributed by atoms with Crippen molar-refractivity contribution in [2.75, 3.05) is 31.1 Å². The summed E-state index contributed by atoms with van der Waals surface area (Å²) in [5, 5.41) is 9.79. The fourth-order valence-electron chi connectivity index (χ4n) is 4.63. The van der Waals surface area contributed by atoms with Gasteiger partial charge in [-0.3, -0.25) is 4.90 Å². The molecule has 0 radical (unpaired) electrons. The van der Waals surface area contributed by atoms with Crippen LogP contribution in [0, 0.1) is 25.2 Å². The molecule has 0 N–H and O–H groups in total. The maximum absolute atomic E-state index is 9.79. The zero-order valence-corrected chi connectivity index (χ0v) is 19.2. The van der Waals surface area contributed by atoms with E-state index in [9.17, 15) is 5.26 Å². The van der Waals surface area contributed by atoms with Gasteiger partial charge in [-0.15, -0.1) is 0 Å². The first-order valence-corrected chi connectivity index (χ1v) is 11.3. The molecule has 1 unspecified atom stereocenters. The predicted molar refractivity (Wildman–Crippen MR) is 129 cm³/mol. The molecule has 5 rings (SSSR count). The quantitative estimate of drug-likeness (QED) is 0.477. The maximum atomic E-state index is 9.79. The Labute approximate surface area is 194 Å². The van der Waals surface area contributed by atoms with Crippen LogP contribution in [0.2, 0.25) is 0 Å². The number of aromatic nitrogens is 4. The zero-order valence-electron chi connectivity index (χ0n) is 19.2. The third-order valence-electron chi connectivity index (χ3n) is 6.59. The van der Waals surface area contributed by atoms with Gasteiger partial charge in [-0.05, 0) is 38.0 Å². The summed E-state index contributed by atoms with van der Waals surface area (Å²) < 4.78 is 1.99. The molecule has 7 heteroatoms. The molecule has 3 aromatic heterocycles. The van der Waals surface area contributed by atoms with E-state index in [2.05, 4.69) is 76.1 Å². The van der Waals surface area contributed by atoms with Crippen LogP contribution in [0.15, 0.2) is 55.0 Å². The summed E-state index contributed by atoms with van der Waals surface area (Å²) in [6.45, 7) is 9.67. The number of piperazine rings is 1. The standard InChI is InChI=1S/C26H27N7/c1-18-15-24-28-9-10-33(24)17-22(18)25-19(2)29-23(16-27)26(30-25)32-13-11-31(12-14-32)20(3)21-7-5-4-6-8-21/h4-10,15,17,20H,11-14H2,1-3H3. The Balaban J connectivity index is 1.44. The number of aryl methyl sites for hydroxylation is 2. The second-order valence-corrected chi connectivity index (χ2v) is 8.61. The summed E-state index contributed by atoms with van der Waals surface area (Å²) in [5.41, 5.74) is 6.29. The van der Waals surface area contributed by atoms with Crippen molar-refractivity contribution in [2.45, 2.75) is 26.8 Å². The summed E-state index contributed by atoms with van der Waals surface area (Å²) in [4.78, 5) is 18.7. The van der Waals surface area contributed by atoms with Gasteiger partial charge >= 0.3 is 0 Å². The number of anilines is 1. The molecule has 7 nitrogen and oxygen atoms in total. The molecule has 33 heavy (non-hydrogen) atoms. The number of imidazole rings is 1. The van der Waals surface area contributed by atoms with Crippen LogP contribution in [0.25, 0.3) is 16.9 Å². The van der Waals surface area contributed by atoms with Crippen LogP contribution in [0.4, 0.5) is 5.82 Å². The number of pyridine rings is 1. The highest BCUT2D eigenvalue weighted by atomic mass is 15.3. The molecule has 1 fully saturated rings. The van der Waals surface area contributed by atoms with Crippen LogP contribution >= 0.6 is 0 Å². The number of nitrogens with zero attached hydrogens (tertiary/aromatic N) is 7. The van der Waals surface area contributed by atoms with Gasteiger partial charge in [0.2, 0.25) is 0 Å². The number of benzene rings is 1. The van der Waals surface area contributed by atoms with E-state index in [1.165, 1.54) is 5.56 Å². The molecule has 0 aliphatic carbocycles. The fraction of sp³-hybridized carbons (Fsp3) is 0.308. The van der Waals surface area contributed by atoms with Crippen molar-refractivity contribution in [1.82, 2.24) is 24.3 Å². The molecular weight excluding hydrogens is 410 g/mol. The highest BCUT2D eigenvalue weighted by Gasteiger charge is 2.26. The predicted octanol–water partition coefficient (Wildman–Crippen LogP) is 4.16. The lowest BCUT2D eigenvalue weighted by Crippen LogP contribution is -2.47. The van der Waals surface area contributed by atoms with Gasteiger partial charge in [-0.2, -0.15) is 5.26 Å². The number of hydrogen-bond acceptors (Lipinski definition) is 6. The SMILES string of the molecule is Cc1cc2nccn2cc1-c1nc(N2CCN(C(C)c3ccccc3)CC2)c(C#N)nc1C. The fourth-order valence-corrected chi connectivity index (χ4v) is 4.63. The first kappa shape index (κ1) is 21.1. The molecule has 1 aliphatic heterocycles. The largest absolute Gasteiger partial charge is 0.352 e. The minimum Gasteiger partial charge on any atom is -0.352 e. The van der Waals surface area contributed by atoms with Crippen LogP contribution < -0.4 is 4.90 Å². The third-order valence-corrected chi connectivity index (χ3v) is 6.59. The van der Waals surface area contributed by atoms with Gasteiger partial charge in [0, 0.05) is 56.4 Å². The Hall–Kier alpha value is -3.76. The van der Waals surface area contributed by atoms with E-state index < -0.39 is 0 Å². The van der Waals surface area contributed by atoms with Crippen molar-refractivity contribution in [1.29, 1.82) is 5.26 Å². The van der Waals surface area contributed by atoms with Crippen molar-refractivity contribution in [3.63, 3.8) is 0 Å². The maximum Gasteiger partial charge on any atom is 0.183 e. The van der Waals surface area contributed by atoms with E-state index in [0.717, 1.165) is 54.3 Å². The van der Waals surface area contributed by atoms with Gasteiger partial charge in [0.1, 0.15) is 11.7 Å². The smallest absolute Gasteiger partial charge is 0.183 e. The Morgan fingerprint density at radius 3 is 2.52 bits per heavy atom. The summed E-state index contributed by atoms with van der Waals surface area (Å²) >= 11 is 0. The van der Waals surface area contributed by atoms with Crippen LogP contribution in [-0.4, -0.2) is 50.4 Å². The van der Waals surface area contributed by atoms with E-state index in [1.807, 2.05) is 23.7 Å². The van der Waals surface area contributed by atoms with E-state index in [1.54, 1.807) is 6.20 Å². The second kappa shape index (κ2) is 8.64. The van der Waals surface area contributed by atoms with Gasteiger partial charge < -0.3 is 9.30 Å². The Morgan fingerprint density at radius 1 is 1.03 bits per heavy atom. The minimum atomic E-state index is 0.355. The molecule has 0 bridgehead atoms. The van der Waals surface area contributed by atoms with Gasteiger partial charge in [-0.1, -0.05) is 30.3 Å². The van der Waals surface area contributed by atoms with Crippen molar-refractivity contribution >= 4 is 11.5 Å². The van der Waals surface area contributed by atoms with Gasteiger partial charge in [-0.25, -0.2) is 15.0 Å². The molecule has 4 heterocycles. The van der Waals surface area contributed by atoms with Crippen LogP contribution in [0.3, 0.4) is 0 Å². The Morgan fingerprint density at radius 2 is 1.79 bits per heavy atom. The van der Waals surface area contributed by atoms with Gasteiger partial charge in [0.15, 0.2) is 11.5 Å². The molecular formula is C26H27N7. The Kier molecular flexibility index (Phi) is 5.53. The van der Waals surface area contributed by atoms with Crippen molar-refractivity contribution < 1.29 is 0 Å². The molecule has 4 aromatic rings. The lowest BCUT2D eigenvalue weighted by atomic mass is 10.1. The summed E-state index contributed by atoms with van der Waals surface area (Å²) in [6.07, 6.45) is 5.76. The first-order chi connectivity index (χ1) is 16.0. The van der Waals surface area contributed by atoms with Crippen LogP contribution in [-0.2, 0) is 0 Å². The number of hydrogen-bond donors (Lipinski definition) is 0. The first-order valence-electron chi connectivity index (χ1n) is 11.3. The average molecular weight is 438 g/mol. The van der Waals surface area contributed by atoms with Gasteiger partial charge in [0.05, 0.1) is 11.4 Å². The van der Waals surface area contributed by atoms with Crippen LogP contribution in [0.5, 0.6) is 0 Å². The minimum absolute atomic E-state index is 0.355. The van der Waals surface area contributed by atoms with E-state index in [4.69, 9.17) is 4.98 Å². The lowest BCUT2D eigenvalue weighted by molar-refractivity contribution is 0.198. The third kappa shape index (κ3) is 3.94. The molecule has 166 valence electrons. The number of rotatable bonds is 4. The number of nitriles is 1. The summed E-state index contributed by atoms with van der Waals surface area (Å²) in [6, 6.07) is 15.3. The monoisotopic (exact) mass is 437 g/mol. The number of fused-ring (bicyclic) bond motifs is 1. The molecule has 0 spiro atoms. The topological polar surface area (TPSA) is 73.3 Å². The highest BCUT2D eigenvalue weighted by molar-refractivity contribution is 5.70. The lowest BCUT2D eigenvalue weighted by Gasteiger charge is -2.39. The molecule has 0 amide bonds. The Bertz CT molecular complexity index is 1330. The summed E-state index contributed by atoms with van der Waals surface area (Å²) in [7, 11) is 0. The highest BCUT2D eigenvalue weighted by Crippen LogP contribution is 2.30. The van der Waals surface area contributed by atoms with Crippen LogP contribution in [0.1, 0.15) is 35.5 Å². The normalized spacial score (nSPS) is 15.5. The van der Waals surface area contributed by atoms with Crippen molar-refractivity contribution in [3.05, 3.63) is 77.5 Å². The average Bonchev–Trinajstić information content (AvgIpc) is 3.31. The summed E-state index contributed by atoms with van der Waals surface area (Å²) in [5.74, 6) is 0.676. The van der Waals surface area contributed by atoms with Crippen molar-refractivity contribution in [2.24, 2.45) is 0 Å². The molecule has 1 saturated heterocycles. The van der Waals surface area contributed by atoms with Crippen molar-refractivity contribution in [3.8, 4) is 17.3 Å².